The normalized spacial score (nSPS) is 13.0. The molecule has 45 heavy (non-hydrogen) atoms. The number of aliphatic hydroxyl groups is 1. The quantitative estimate of drug-likeness (QED) is 0.189. The van der Waals surface area contributed by atoms with Crippen LogP contribution in [0.2, 0.25) is 0 Å². The number of nitrogens with zero attached hydrogens (tertiary/aromatic N) is 7. The Morgan fingerprint density at radius 3 is 2.58 bits per heavy atom. The third-order valence-corrected chi connectivity index (χ3v) is 7.53. The van der Waals surface area contributed by atoms with E-state index < -0.39 is 28.5 Å². The summed E-state index contributed by atoms with van der Waals surface area (Å²) in [4.78, 5) is 17.4. The van der Waals surface area contributed by atoms with Crippen LogP contribution in [0.15, 0.2) is 53.8 Å². The Morgan fingerprint density at radius 2 is 1.87 bits per heavy atom. The maximum Gasteiger partial charge on any atom is 0.280 e. The fourth-order valence-electron chi connectivity index (χ4n) is 4.12. The van der Waals surface area contributed by atoms with Crippen LogP contribution >= 0.6 is 0 Å². The molecule has 0 spiro atoms. The van der Waals surface area contributed by atoms with Gasteiger partial charge in [0.25, 0.3) is 15.9 Å². The van der Waals surface area contributed by atoms with Gasteiger partial charge in [-0.3, -0.25) is 9.71 Å². The van der Waals surface area contributed by atoms with Crippen molar-refractivity contribution < 1.29 is 31.8 Å². The Bertz CT molecular complexity index is 2050. The van der Waals surface area contributed by atoms with E-state index in [0.717, 1.165) is 5.56 Å². The van der Waals surface area contributed by atoms with E-state index >= 15 is 0 Å². The van der Waals surface area contributed by atoms with Crippen LogP contribution in [0.25, 0.3) is 22.9 Å². The van der Waals surface area contributed by atoms with Crippen LogP contribution in [0.1, 0.15) is 34.7 Å². The smallest absolute Gasteiger partial charge is 0.280 e. The van der Waals surface area contributed by atoms with Gasteiger partial charge in [-0.2, -0.15) is 18.6 Å². The molecule has 16 heteroatoms. The van der Waals surface area contributed by atoms with E-state index in [-0.39, 0.29) is 46.4 Å². The van der Waals surface area contributed by atoms with Crippen molar-refractivity contribution in [3.8, 4) is 46.0 Å². The molecule has 0 radical (unpaired) electrons. The first kappa shape index (κ1) is 27.3. The van der Waals surface area contributed by atoms with Crippen LogP contribution in [-0.2, 0) is 10.0 Å². The van der Waals surface area contributed by atoms with Crippen LogP contribution in [0.3, 0.4) is 0 Å². The van der Waals surface area contributed by atoms with Gasteiger partial charge in [-0.25, -0.2) is 9.97 Å². The number of aryl methyl sites for hydroxylation is 3. The third-order valence-electron chi connectivity index (χ3n) is 6.13. The second-order valence-electron chi connectivity index (χ2n) is 10.6. The van der Waals surface area contributed by atoms with Crippen molar-refractivity contribution in [1.82, 2.24) is 40.6 Å². The number of aromatic amines is 1. The van der Waals surface area contributed by atoms with E-state index in [2.05, 4.69) is 45.3 Å². The van der Waals surface area contributed by atoms with Crippen LogP contribution < -0.4 is 18.9 Å². The first-order valence-corrected chi connectivity index (χ1v) is 14.9. The number of tetrazole rings is 1. The highest BCUT2D eigenvalue weighted by Crippen LogP contribution is 2.43. The van der Waals surface area contributed by atoms with Crippen molar-refractivity contribution >= 4 is 15.8 Å². The molecule has 0 aliphatic carbocycles. The van der Waals surface area contributed by atoms with Crippen molar-refractivity contribution in [1.29, 1.82) is 0 Å². The van der Waals surface area contributed by atoms with E-state index in [0.29, 0.717) is 22.4 Å². The van der Waals surface area contributed by atoms with E-state index in [1.54, 1.807) is 51.1 Å². The maximum absolute atomic E-state index is 13.8. The average Bonchev–Trinajstić information content (AvgIpc) is 3.52. The Hall–Kier alpha value is -5.22. The van der Waals surface area contributed by atoms with Crippen molar-refractivity contribution in [2.75, 3.05) is 18.4 Å². The molecule has 0 amide bonds. The van der Waals surface area contributed by atoms with Gasteiger partial charge in [-0.15, -0.1) is 10.2 Å². The van der Waals surface area contributed by atoms with E-state index in [4.69, 9.17) is 18.3 Å². The van der Waals surface area contributed by atoms with Crippen LogP contribution in [0.4, 0.5) is 5.82 Å². The highest BCUT2D eigenvalue weighted by molar-refractivity contribution is 7.92. The topological polar surface area (TPSA) is 200 Å². The van der Waals surface area contributed by atoms with Gasteiger partial charge in [-0.1, -0.05) is 18.2 Å². The minimum atomic E-state index is -4.43. The van der Waals surface area contributed by atoms with Gasteiger partial charge in [0, 0.05) is 18.0 Å². The molecule has 0 unspecified atom stereocenters. The molecule has 5 rings (SSSR count). The van der Waals surface area contributed by atoms with Gasteiger partial charge in [0.15, 0.2) is 28.2 Å². The number of methoxy groups -OCH3 is 1. The Morgan fingerprint density at radius 1 is 1.04 bits per heavy atom. The summed E-state index contributed by atoms with van der Waals surface area (Å²) in [6.45, 7) is 7.67. The predicted octanol–water partition coefficient (Wildman–Crippen LogP) is 3.79. The first-order valence-electron chi connectivity index (χ1n) is 14.9. The van der Waals surface area contributed by atoms with Gasteiger partial charge in [-0.05, 0) is 74.7 Å². The number of sulfonamides is 1. The number of para-hydroxylation sites is 1. The van der Waals surface area contributed by atoms with Gasteiger partial charge < -0.3 is 19.3 Å². The zero-order chi connectivity index (χ0) is 34.9. The molecular weight excluding hydrogens is 602 g/mol. The monoisotopic (exact) mass is 636 g/mol. The summed E-state index contributed by atoms with van der Waals surface area (Å²) in [5.41, 5.74) is 0.820. The summed E-state index contributed by atoms with van der Waals surface area (Å²) < 4.78 is 70.4. The molecular formula is C29H31N9O6S. The third kappa shape index (κ3) is 7.13. The number of H-pyrrole nitrogens is 1. The number of aromatic nitrogens is 8. The fourth-order valence-corrected chi connectivity index (χ4v) is 5.29. The van der Waals surface area contributed by atoms with Crippen molar-refractivity contribution in [2.45, 2.75) is 45.2 Å². The number of nitrogens with one attached hydrogen (secondary N) is 2. The highest BCUT2D eigenvalue weighted by Gasteiger charge is 2.28. The molecule has 15 nitrogen and oxygen atoms in total. The summed E-state index contributed by atoms with van der Waals surface area (Å²) in [6, 6.07) is 9.34. The fraction of sp³-hybridized carbons (Fsp3) is 0.276. The minimum Gasteiger partial charge on any atom is -0.493 e. The SMILES string of the molecule is [2H]C([2H])([2H])Oc1cccc(C)c1Oc1c(NS(=O)(=O)c2ncc(C)cc2C)nc(-c2ccnc(-c3nn[nH]n3)c2)nc1OCC(C)(C)O. The summed E-state index contributed by atoms with van der Waals surface area (Å²) in [7, 11) is -7.27. The maximum atomic E-state index is 13.8. The van der Waals surface area contributed by atoms with Crippen molar-refractivity contribution in [3.63, 3.8) is 0 Å². The number of hydrogen-bond donors (Lipinski definition) is 3. The number of ether oxygens (including phenoxy) is 3. The summed E-state index contributed by atoms with van der Waals surface area (Å²) in [6.07, 6.45) is 2.85. The number of pyridine rings is 2. The lowest BCUT2D eigenvalue weighted by molar-refractivity contribution is 0.0260. The molecule has 5 aromatic rings. The summed E-state index contributed by atoms with van der Waals surface area (Å²) in [5, 5.41) is 24.0. The average molecular weight is 637 g/mol. The number of anilines is 1. The number of rotatable bonds is 11. The molecule has 0 saturated heterocycles. The molecule has 4 aromatic heterocycles. The first-order chi connectivity index (χ1) is 22.5. The minimum absolute atomic E-state index is 0.0460. The lowest BCUT2D eigenvalue weighted by Gasteiger charge is -2.22. The summed E-state index contributed by atoms with van der Waals surface area (Å²) in [5.74, 6) is -1.16. The molecule has 4 heterocycles. The van der Waals surface area contributed by atoms with Gasteiger partial charge >= 0.3 is 0 Å². The molecule has 0 bridgehead atoms. The Labute approximate surface area is 263 Å². The molecule has 0 aliphatic rings. The predicted molar refractivity (Wildman–Crippen MR) is 163 cm³/mol. The largest absolute Gasteiger partial charge is 0.493 e. The van der Waals surface area contributed by atoms with Gasteiger partial charge in [0.05, 0.1) is 16.8 Å². The molecule has 234 valence electrons. The van der Waals surface area contributed by atoms with Crippen molar-refractivity contribution in [3.05, 3.63) is 65.5 Å². The van der Waals surface area contributed by atoms with E-state index in [9.17, 15) is 13.5 Å². The molecule has 0 saturated carbocycles. The molecule has 0 fully saturated rings. The highest BCUT2D eigenvalue weighted by atomic mass is 32.2. The van der Waals surface area contributed by atoms with Crippen LogP contribution in [0.5, 0.6) is 23.1 Å². The lowest BCUT2D eigenvalue weighted by Crippen LogP contribution is -2.28. The number of benzene rings is 1. The standard InChI is InChI=1S/C29H31N9O6S/c1-16-12-18(3)28(31-14-16)45(40,41)36-26-23(44-22-17(2)8-7-9-21(22)42-6)27(43-15-29(4,5)39)33-24(32-26)19-10-11-30-20(13-19)25-34-37-38-35-25/h7-14,39H,15H2,1-6H3,(H,32,33,36)(H,34,35,37,38)/i6D3. The molecule has 0 atom stereocenters. The molecule has 0 aliphatic heterocycles. The lowest BCUT2D eigenvalue weighted by atomic mass is 10.2. The zero-order valence-electron chi connectivity index (χ0n) is 27.9. The van der Waals surface area contributed by atoms with E-state index in [1.807, 2.05) is 0 Å². The van der Waals surface area contributed by atoms with Crippen LogP contribution in [0, 0.1) is 20.8 Å². The second-order valence-corrected chi connectivity index (χ2v) is 12.2. The van der Waals surface area contributed by atoms with Crippen LogP contribution in [-0.4, -0.2) is 73.3 Å². The van der Waals surface area contributed by atoms with Gasteiger partial charge in [0.2, 0.25) is 11.6 Å². The second kappa shape index (κ2) is 12.4. The number of hydrogen-bond acceptors (Lipinski definition) is 13. The van der Waals surface area contributed by atoms with Crippen molar-refractivity contribution in [2.24, 2.45) is 0 Å². The van der Waals surface area contributed by atoms with Gasteiger partial charge in [0.1, 0.15) is 12.3 Å². The van der Waals surface area contributed by atoms with E-state index in [1.165, 1.54) is 32.3 Å². The molecule has 3 N–H and O–H groups in total. The zero-order valence-corrected chi connectivity index (χ0v) is 25.7. The Kier molecular flexibility index (Phi) is 7.54. The molecule has 1 aromatic carbocycles. The summed E-state index contributed by atoms with van der Waals surface area (Å²) >= 11 is 0. The Balaban J connectivity index is 1.74.